The van der Waals surface area contributed by atoms with Gasteiger partial charge in [-0.2, -0.15) is 5.10 Å². The molecule has 0 aliphatic carbocycles. The molecular formula is C19H18FN3O3. The van der Waals surface area contributed by atoms with Gasteiger partial charge in [0.1, 0.15) is 17.3 Å². The number of carbonyl (C=O) groups is 1. The van der Waals surface area contributed by atoms with Gasteiger partial charge in [0.15, 0.2) is 5.69 Å². The molecule has 0 unspecified atom stereocenters. The standard InChI is InChI=1S/C19H18FN3O3/c1-25-15-7-8-16(18(11-15)26-2)21-19(24)17-10-14(22-23-17)9-12-3-5-13(20)6-4-12/h3-8,10-11H,9H2,1-2H3,(H,21,24)(H,22,23). The largest absolute Gasteiger partial charge is 0.497 e. The maximum absolute atomic E-state index is 13.0. The van der Waals surface area contributed by atoms with Crippen LogP contribution in [-0.2, 0) is 6.42 Å². The monoisotopic (exact) mass is 355 g/mol. The Bertz CT molecular complexity index is 907. The van der Waals surface area contributed by atoms with Crippen molar-refractivity contribution in [3.05, 3.63) is 71.3 Å². The van der Waals surface area contributed by atoms with E-state index in [9.17, 15) is 9.18 Å². The number of carbonyl (C=O) groups excluding carboxylic acids is 1. The van der Waals surface area contributed by atoms with Gasteiger partial charge in [0.25, 0.3) is 5.91 Å². The van der Waals surface area contributed by atoms with E-state index in [0.717, 1.165) is 11.3 Å². The number of amides is 1. The topological polar surface area (TPSA) is 76.2 Å². The van der Waals surface area contributed by atoms with E-state index in [1.165, 1.54) is 19.2 Å². The number of H-pyrrole nitrogens is 1. The molecule has 26 heavy (non-hydrogen) atoms. The van der Waals surface area contributed by atoms with Gasteiger partial charge in [-0.3, -0.25) is 9.89 Å². The van der Waals surface area contributed by atoms with Gasteiger partial charge < -0.3 is 14.8 Å². The second-order valence-corrected chi connectivity index (χ2v) is 5.60. The second-order valence-electron chi connectivity index (χ2n) is 5.60. The minimum Gasteiger partial charge on any atom is -0.497 e. The molecule has 2 aromatic carbocycles. The fourth-order valence-corrected chi connectivity index (χ4v) is 2.48. The maximum Gasteiger partial charge on any atom is 0.276 e. The Labute approximate surface area is 150 Å². The third-order valence-corrected chi connectivity index (χ3v) is 3.83. The smallest absolute Gasteiger partial charge is 0.276 e. The highest BCUT2D eigenvalue weighted by atomic mass is 19.1. The lowest BCUT2D eigenvalue weighted by molar-refractivity contribution is 0.102. The second kappa shape index (κ2) is 7.69. The Morgan fingerprint density at radius 2 is 1.88 bits per heavy atom. The van der Waals surface area contributed by atoms with Crippen LogP contribution >= 0.6 is 0 Å². The first kappa shape index (κ1) is 17.5. The summed E-state index contributed by atoms with van der Waals surface area (Å²) in [5.74, 6) is 0.461. The molecule has 1 aromatic heterocycles. The van der Waals surface area contributed by atoms with Crippen LogP contribution in [-0.4, -0.2) is 30.3 Å². The number of rotatable bonds is 6. The molecular weight excluding hydrogens is 337 g/mol. The van der Waals surface area contributed by atoms with Gasteiger partial charge >= 0.3 is 0 Å². The minimum atomic E-state index is -0.366. The Kier molecular flexibility index (Phi) is 5.17. The van der Waals surface area contributed by atoms with Gasteiger partial charge in [-0.05, 0) is 35.9 Å². The molecule has 0 aliphatic rings. The molecule has 0 saturated heterocycles. The number of methoxy groups -OCH3 is 2. The Morgan fingerprint density at radius 3 is 2.58 bits per heavy atom. The molecule has 7 heteroatoms. The van der Waals surface area contributed by atoms with Crippen molar-refractivity contribution in [3.8, 4) is 11.5 Å². The highest BCUT2D eigenvalue weighted by Crippen LogP contribution is 2.29. The predicted octanol–water partition coefficient (Wildman–Crippen LogP) is 3.41. The average Bonchev–Trinajstić information content (AvgIpc) is 3.12. The maximum atomic E-state index is 13.0. The first-order valence-corrected chi connectivity index (χ1v) is 7.91. The lowest BCUT2D eigenvalue weighted by Gasteiger charge is -2.10. The Balaban J connectivity index is 1.71. The number of nitrogens with zero attached hydrogens (tertiary/aromatic N) is 1. The van der Waals surface area contributed by atoms with Crippen LogP contribution in [0.15, 0.2) is 48.5 Å². The number of aromatic amines is 1. The molecule has 6 nitrogen and oxygen atoms in total. The summed E-state index contributed by atoms with van der Waals surface area (Å²) in [6.07, 6.45) is 0.520. The number of nitrogens with one attached hydrogen (secondary N) is 2. The third kappa shape index (κ3) is 4.00. The molecule has 0 saturated carbocycles. The van der Waals surface area contributed by atoms with Gasteiger partial charge in [0.2, 0.25) is 0 Å². The molecule has 3 rings (SSSR count). The average molecular weight is 355 g/mol. The molecule has 3 aromatic rings. The van der Waals surface area contributed by atoms with E-state index < -0.39 is 0 Å². The molecule has 0 fully saturated rings. The predicted molar refractivity (Wildman–Crippen MR) is 95.3 cm³/mol. The lowest BCUT2D eigenvalue weighted by atomic mass is 10.1. The first-order chi connectivity index (χ1) is 12.6. The van der Waals surface area contributed by atoms with E-state index in [4.69, 9.17) is 9.47 Å². The summed E-state index contributed by atoms with van der Waals surface area (Å²) in [5.41, 5.74) is 2.43. The van der Waals surface area contributed by atoms with E-state index in [0.29, 0.717) is 23.6 Å². The molecule has 1 amide bonds. The van der Waals surface area contributed by atoms with E-state index in [1.807, 2.05) is 0 Å². The third-order valence-electron chi connectivity index (χ3n) is 3.83. The highest BCUT2D eigenvalue weighted by Gasteiger charge is 2.14. The normalized spacial score (nSPS) is 10.4. The van der Waals surface area contributed by atoms with E-state index in [1.54, 1.807) is 43.5 Å². The molecule has 134 valence electrons. The van der Waals surface area contributed by atoms with Crippen LogP contribution in [0.2, 0.25) is 0 Å². The number of anilines is 1. The zero-order valence-electron chi connectivity index (χ0n) is 14.4. The van der Waals surface area contributed by atoms with Crippen molar-refractivity contribution in [1.82, 2.24) is 10.2 Å². The van der Waals surface area contributed by atoms with Crippen LogP contribution in [0.4, 0.5) is 10.1 Å². The van der Waals surface area contributed by atoms with Crippen molar-refractivity contribution < 1.29 is 18.7 Å². The summed E-state index contributed by atoms with van der Waals surface area (Å²) in [6, 6.07) is 12.9. The van der Waals surface area contributed by atoms with Crippen molar-refractivity contribution in [1.29, 1.82) is 0 Å². The molecule has 0 bridgehead atoms. The molecule has 1 heterocycles. The number of benzene rings is 2. The summed E-state index contributed by atoms with van der Waals surface area (Å²) in [5, 5.41) is 9.63. The van der Waals surface area contributed by atoms with Crippen LogP contribution in [0.5, 0.6) is 11.5 Å². The van der Waals surface area contributed by atoms with Gasteiger partial charge in [-0.15, -0.1) is 0 Å². The van der Waals surface area contributed by atoms with Crippen molar-refractivity contribution in [3.63, 3.8) is 0 Å². The molecule has 0 aliphatic heterocycles. The Hall–Kier alpha value is -3.35. The van der Waals surface area contributed by atoms with Gasteiger partial charge in [0.05, 0.1) is 19.9 Å². The van der Waals surface area contributed by atoms with Crippen LogP contribution in [0.25, 0.3) is 0 Å². The van der Waals surface area contributed by atoms with Crippen LogP contribution in [0, 0.1) is 5.82 Å². The summed E-state index contributed by atoms with van der Waals surface area (Å²) < 4.78 is 23.4. The molecule has 0 spiro atoms. The lowest BCUT2D eigenvalue weighted by Crippen LogP contribution is -2.13. The van der Waals surface area contributed by atoms with Crippen LogP contribution < -0.4 is 14.8 Å². The van der Waals surface area contributed by atoms with Crippen molar-refractivity contribution >= 4 is 11.6 Å². The molecule has 0 radical (unpaired) electrons. The summed E-state index contributed by atoms with van der Waals surface area (Å²) in [7, 11) is 3.07. The highest BCUT2D eigenvalue weighted by molar-refractivity contribution is 6.03. The number of halogens is 1. The molecule has 2 N–H and O–H groups in total. The van der Waals surface area contributed by atoms with Crippen molar-refractivity contribution in [2.45, 2.75) is 6.42 Å². The number of ether oxygens (including phenoxy) is 2. The minimum absolute atomic E-state index is 0.250. The Morgan fingerprint density at radius 1 is 1.12 bits per heavy atom. The number of hydrogen-bond acceptors (Lipinski definition) is 4. The van der Waals surface area contributed by atoms with Gasteiger partial charge in [0, 0.05) is 18.2 Å². The van der Waals surface area contributed by atoms with Gasteiger partial charge in [-0.1, -0.05) is 12.1 Å². The van der Waals surface area contributed by atoms with Crippen molar-refractivity contribution in [2.24, 2.45) is 0 Å². The number of hydrogen-bond donors (Lipinski definition) is 2. The van der Waals surface area contributed by atoms with Crippen LogP contribution in [0.1, 0.15) is 21.7 Å². The van der Waals surface area contributed by atoms with E-state index in [2.05, 4.69) is 15.5 Å². The zero-order chi connectivity index (χ0) is 18.5. The summed E-state index contributed by atoms with van der Waals surface area (Å²) >= 11 is 0. The first-order valence-electron chi connectivity index (χ1n) is 7.91. The quantitative estimate of drug-likeness (QED) is 0.710. The zero-order valence-corrected chi connectivity index (χ0v) is 14.4. The van der Waals surface area contributed by atoms with Gasteiger partial charge in [-0.25, -0.2) is 4.39 Å². The SMILES string of the molecule is COc1ccc(NC(=O)c2cc(Cc3ccc(F)cc3)[nH]n2)c(OC)c1. The van der Waals surface area contributed by atoms with Crippen molar-refractivity contribution in [2.75, 3.05) is 19.5 Å². The summed E-state index contributed by atoms with van der Waals surface area (Å²) in [6.45, 7) is 0. The fourth-order valence-electron chi connectivity index (χ4n) is 2.48. The van der Waals surface area contributed by atoms with E-state index >= 15 is 0 Å². The summed E-state index contributed by atoms with van der Waals surface area (Å²) in [4.78, 5) is 12.4. The molecule has 0 atom stereocenters. The van der Waals surface area contributed by atoms with E-state index in [-0.39, 0.29) is 17.4 Å². The number of aromatic nitrogens is 2. The van der Waals surface area contributed by atoms with Crippen LogP contribution in [0.3, 0.4) is 0 Å². The fraction of sp³-hybridized carbons (Fsp3) is 0.158.